The first-order valence-corrected chi connectivity index (χ1v) is 8.14. The van der Waals surface area contributed by atoms with Crippen molar-refractivity contribution in [3.8, 4) is 5.75 Å². The number of amides is 1. The average molecular weight is 332 g/mol. The summed E-state index contributed by atoms with van der Waals surface area (Å²) in [6.07, 6.45) is 1.84. The van der Waals surface area contributed by atoms with Crippen molar-refractivity contribution in [1.29, 1.82) is 0 Å². The van der Waals surface area contributed by atoms with Crippen LogP contribution in [-0.4, -0.2) is 23.7 Å². The Morgan fingerprint density at radius 2 is 1.96 bits per heavy atom. The van der Waals surface area contributed by atoms with Crippen LogP contribution in [0.25, 0.3) is 0 Å². The van der Waals surface area contributed by atoms with Gasteiger partial charge in [-0.25, -0.2) is 0 Å². The number of nitro benzene ring substituents is 1. The minimum absolute atomic E-state index is 0.0377. The summed E-state index contributed by atoms with van der Waals surface area (Å²) in [4.78, 5) is 23.7. The van der Waals surface area contributed by atoms with Crippen molar-refractivity contribution in [2.24, 2.45) is 0 Å². The Balaban J connectivity index is 2.24. The van der Waals surface area contributed by atoms with E-state index in [0.29, 0.717) is 18.0 Å². The molecule has 0 fully saturated rings. The Morgan fingerprint density at radius 3 is 2.52 bits per heavy atom. The molecule has 2 aromatic rings. The predicted octanol–water partition coefficient (Wildman–Crippen LogP) is 3.97. The molecule has 0 aliphatic carbocycles. The lowest BCUT2D eigenvalue weighted by atomic mass is 10.1. The highest BCUT2D eigenvalue weighted by Gasteiger charge is 2.20. The molecule has 0 heterocycles. The van der Waals surface area contributed by atoms with E-state index in [2.05, 4.69) is 5.32 Å². The van der Waals surface area contributed by atoms with E-state index in [-0.39, 0.29) is 11.3 Å². The highest BCUT2D eigenvalue weighted by molar-refractivity contribution is 7.98. The molecule has 0 aliphatic rings. The van der Waals surface area contributed by atoms with Crippen LogP contribution in [0.2, 0.25) is 0 Å². The van der Waals surface area contributed by atoms with E-state index in [1.807, 2.05) is 13.2 Å². The largest absolute Gasteiger partial charge is 0.494 e. The zero-order valence-electron chi connectivity index (χ0n) is 12.7. The normalized spacial score (nSPS) is 10.2. The number of nitro groups is 1. The molecule has 0 unspecified atom stereocenters. The van der Waals surface area contributed by atoms with E-state index in [4.69, 9.17) is 4.74 Å². The number of nitrogens with one attached hydrogen (secondary N) is 1. The summed E-state index contributed by atoms with van der Waals surface area (Å²) in [6.45, 7) is 2.44. The Bertz CT molecular complexity index is 717. The number of carbonyl (C=O) groups excluding carboxylic acids is 1. The van der Waals surface area contributed by atoms with Crippen molar-refractivity contribution in [3.63, 3.8) is 0 Å². The van der Waals surface area contributed by atoms with Crippen LogP contribution in [0.1, 0.15) is 17.3 Å². The maximum atomic E-state index is 12.4. The smallest absolute Gasteiger partial charge is 0.282 e. The van der Waals surface area contributed by atoms with Gasteiger partial charge in [0.25, 0.3) is 11.6 Å². The highest BCUT2D eigenvalue weighted by Crippen LogP contribution is 2.26. The van der Waals surface area contributed by atoms with Gasteiger partial charge in [0.2, 0.25) is 0 Å². The molecule has 6 nitrogen and oxygen atoms in total. The maximum absolute atomic E-state index is 12.4. The third-order valence-electron chi connectivity index (χ3n) is 3.07. The summed E-state index contributed by atoms with van der Waals surface area (Å²) >= 11 is 1.42. The van der Waals surface area contributed by atoms with E-state index < -0.39 is 10.8 Å². The van der Waals surface area contributed by atoms with Gasteiger partial charge in [-0.3, -0.25) is 14.9 Å². The van der Waals surface area contributed by atoms with Crippen LogP contribution >= 0.6 is 11.8 Å². The first kappa shape index (κ1) is 16.8. The van der Waals surface area contributed by atoms with Gasteiger partial charge in [0.05, 0.1) is 11.5 Å². The number of anilines is 1. The standard InChI is InChI=1S/C16H16N2O4S/c1-3-22-12-6-4-11(5-7-12)17-16(19)14-10-13(23-2)8-9-15(14)18(20)21/h4-10H,3H2,1-2H3,(H,17,19). The van der Waals surface area contributed by atoms with Gasteiger partial charge in [0, 0.05) is 16.6 Å². The second-order valence-corrected chi connectivity index (χ2v) is 5.43. The van der Waals surface area contributed by atoms with Crippen molar-refractivity contribution < 1.29 is 14.5 Å². The van der Waals surface area contributed by atoms with Crippen LogP contribution in [-0.2, 0) is 0 Å². The van der Waals surface area contributed by atoms with E-state index in [1.165, 1.54) is 23.9 Å². The van der Waals surface area contributed by atoms with E-state index in [9.17, 15) is 14.9 Å². The number of hydrogen-bond donors (Lipinski definition) is 1. The van der Waals surface area contributed by atoms with Gasteiger partial charge in [-0.1, -0.05) is 0 Å². The Labute approximate surface area is 138 Å². The molecule has 23 heavy (non-hydrogen) atoms. The fraction of sp³-hybridized carbons (Fsp3) is 0.188. The molecule has 7 heteroatoms. The van der Waals surface area contributed by atoms with Crippen LogP contribution in [0.15, 0.2) is 47.4 Å². The summed E-state index contributed by atoms with van der Waals surface area (Å²) in [7, 11) is 0. The number of carbonyl (C=O) groups is 1. The summed E-state index contributed by atoms with van der Waals surface area (Å²) in [6, 6.07) is 11.3. The molecule has 0 saturated heterocycles. The quantitative estimate of drug-likeness (QED) is 0.492. The molecule has 0 bridgehead atoms. The van der Waals surface area contributed by atoms with Crippen molar-refractivity contribution >= 4 is 29.0 Å². The van der Waals surface area contributed by atoms with Crippen LogP contribution in [0.5, 0.6) is 5.75 Å². The van der Waals surface area contributed by atoms with Crippen LogP contribution < -0.4 is 10.1 Å². The molecule has 2 aromatic carbocycles. The number of thioether (sulfide) groups is 1. The number of benzene rings is 2. The minimum atomic E-state index is -0.558. The second kappa shape index (κ2) is 7.64. The third kappa shape index (κ3) is 4.23. The Kier molecular flexibility index (Phi) is 5.59. The number of nitrogens with zero attached hydrogens (tertiary/aromatic N) is 1. The summed E-state index contributed by atoms with van der Waals surface area (Å²) in [5.41, 5.74) is 0.365. The molecule has 0 saturated carbocycles. The number of rotatable bonds is 6. The van der Waals surface area contributed by atoms with Gasteiger partial charge in [0.1, 0.15) is 11.3 Å². The van der Waals surface area contributed by atoms with Crippen molar-refractivity contribution in [2.75, 3.05) is 18.2 Å². The summed E-state index contributed by atoms with van der Waals surface area (Å²) < 4.78 is 5.33. The zero-order valence-corrected chi connectivity index (χ0v) is 13.6. The van der Waals surface area contributed by atoms with Gasteiger partial charge in [-0.15, -0.1) is 11.8 Å². The van der Waals surface area contributed by atoms with Crippen LogP contribution in [0.3, 0.4) is 0 Å². The monoisotopic (exact) mass is 332 g/mol. The van der Waals surface area contributed by atoms with Crippen molar-refractivity contribution in [2.45, 2.75) is 11.8 Å². The van der Waals surface area contributed by atoms with Gasteiger partial charge in [-0.05, 0) is 49.6 Å². The third-order valence-corrected chi connectivity index (χ3v) is 3.79. The average Bonchev–Trinajstić information content (AvgIpc) is 2.56. The predicted molar refractivity (Wildman–Crippen MR) is 90.4 cm³/mol. The molecule has 0 atom stereocenters. The second-order valence-electron chi connectivity index (χ2n) is 4.55. The SMILES string of the molecule is CCOc1ccc(NC(=O)c2cc(SC)ccc2[N+](=O)[O-])cc1. The minimum Gasteiger partial charge on any atom is -0.494 e. The molecular formula is C16H16N2O4S. The lowest BCUT2D eigenvalue weighted by Crippen LogP contribution is -2.14. The molecule has 1 amide bonds. The molecule has 0 aliphatic heterocycles. The van der Waals surface area contributed by atoms with E-state index in [1.54, 1.807) is 30.3 Å². The first-order valence-electron chi connectivity index (χ1n) is 6.91. The van der Waals surface area contributed by atoms with Crippen molar-refractivity contribution in [3.05, 3.63) is 58.1 Å². The molecule has 120 valence electrons. The maximum Gasteiger partial charge on any atom is 0.282 e. The number of hydrogen-bond acceptors (Lipinski definition) is 5. The fourth-order valence-corrected chi connectivity index (χ4v) is 2.42. The zero-order chi connectivity index (χ0) is 16.8. The fourth-order valence-electron chi connectivity index (χ4n) is 1.98. The van der Waals surface area contributed by atoms with Gasteiger partial charge in [-0.2, -0.15) is 0 Å². The number of ether oxygens (including phenoxy) is 1. The van der Waals surface area contributed by atoms with E-state index in [0.717, 1.165) is 4.90 Å². The molecule has 2 rings (SSSR count). The Hall–Kier alpha value is -2.54. The van der Waals surface area contributed by atoms with Crippen LogP contribution in [0.4, 0.5) is 11.4 Å². The highest BCUT2D eigenvalue weighted by atomic mass is 32.2. The lowest BCUT2D eigenvalue weighted by molar-refractivity contribution is -0.385. The molecule has 1 N–H and O–H groups in total. The van der Waals surface area contributed by atoms with E-state index >= 15 is 0 Å². The van der Waals surface area contributed by atoms with Gasteiger partial charge >= 0.3 is 0 Å². The molecular weight excluding hydrogens is 316 g/mol. The van der Waals surface area contributed by atoms with Crippen LogP contribution in [0, 0.1) is 10.1 Å². The molecule has 0 aromatic heterocycles. The Morgan fingerprint density at radius 1 is 1.26 bits per heavy atom. The lowest BCUT2D eigenvalue weighted by Gasteiger charge is -2.08. The molecule has 0 radical (unpaired) electrons. The van der Waals surface area contributed by atoms with Gasteiger partial charge in [0.15, 0.2) is 0 Å². The molecule has 0 spiro atoms. The summed E-state index contributed by atoms with van der Waals surface area (Å²) in [5.74, 6) is 0.178. The van der Waals surface area contributed by atoms with Gasteiger partial charge < -0.3 is 10.1 Å². The topological polar surface area (TPSA) is 81.5 Å². The first-order chi connectivity index (χ1) is 11.0. The van der Waals surface area contributed by atoms with Crippen molar-refractivity contribution in [1.82, 2.24) is 0 Å². The summed E-state index contributed by atoms with van der Waals surface area (Å²) in [5, 5.41) is 13.8.